The predicted octanol–water partition coefficient (Wildman–Crippen LogP) is 3.66. The first-order valence-corrected chi connectivity index (χ1v) is 10.7. The highest BCUT2D eigenvalue weighted by molar-refractivity contribution is 5.94. The topological polar surface area (TPSA) is 87.2 Å². The molecule has 2 aromatic carbocycles. The number of hydrogen-bond acceptors (Lipinski definition) is 4. The Morgan fingerprint density at radius 1 is 0.968 bits per heavy atom. The van der Waals surface area contributed by atoms with Gasteiger partial charge in [0.05, 0.1) is 13.2 Å². The van der Waals surface area contributed by atoms with Gasteiger partial charge in [0, 0.05) is 50.5 Å². The molecule has 4 rings (SSSR count). The lowest BCUT2D eigenvalue weighted by Gasteiger charge is -2.17. The normalized spacial score (nSPS) is 15.9. The number of guanidine groups is 1. The van der Waals surface area contributed by atoms with E-state index < -0.39 is 0 Å². The van der Waals surface area contributed by atoms with E-state index in [2.05, 4.69) is 20.9 Å². The second-order valence-corrected chi connectivity index (χ2v) is 7.59. The molecule has 1 saturated heterocycles. The lowest BCUT2D eigenvalue weighted by molar-refractivity contribution is 0.222. The number of carbonyl (C=O) groups is 1. The van der Waals surface area contributed by atoms with Crippen LogP contribution >= 0.6 is 0 Å². The van der Waals surface area contributed by atoms with E-state index in [9.17, 15) is 4.79 Å². The third-order valence-corrected chi connectivity index (χ3v) is 5.27. The Kier molecular flexibility index (Phi) is 6.76. The van der Waals surface area contributed by atoms with E-state index in [0.29, 0.717) is 25.7 Å². The van der Waals surface area contributed by atoms with Crippen molar-refractivity contribution in [1.29, 1.82) is 0 Å². The zero-order chi connectivity index (χ0) is 21.5. The number of carbonyl (C=O) groups excluding carboxylic acids is 1. The molecule has 8 nitrogen and oxygen atoms in total. The maximum absolute atomic E-state index is 12.3. The summed E-state index contributed by atoms with van der Waals surface area (Å²) < 4.78 is 11.4. The summed E-state index contributed by atoms with van der Waals surface area (Å²) in [6.07, 6.45) is 3.03. The Balaban J connectivity index is 1.33. The highest BCUT2D eigenvalue weighted by Gasteiger charge is 2.17. The van der Waals surface area contributed by atoms with E-state index in [1.54, 1.807) is 7.05 Å². The van der Waals surface area contributed by atoms with Gasteiger partial charge in [0.25, 0.3) is 0 Å². The van der Waals surface area contributed by atoms with Gasteiger partial charge in [0.1, 0.15) is 0 Å². The molecule has 2 amide bonds. The standard InChI is InChI=1S/C23H29N5O3/c1-24-22(26-19-8-9-20-21(15-19)31-13-5-12-30-20)25-16-17-6-4-7-18(14-17)27-23(29)28-10-2-3-11-28/h4,6-9,14-15H,2-3,5,10-13,16H2,1H3,(H,27,29)(H2,24,25,26). The first-order chi connectivity index (χ1) is 15.2. The molecule has 164 valence electrons. The summed E-state index contributed by atoms with van der Waals surface area (Å²) in [6, 6.07) is 13.6. The molecule has 2 aromatic rings. The molecule has 2 aliphatic rings. The van der Waals surface area contributed by atoms with E-state index >= 15 is 0 Å². The van der Waals surface area contributed by atoms with Crippen molar-refractivity contribution in [2.24, 2.45) is 4.99 Å². The van der Waals surface area contributed by atoms with E-state index in [0.717, 1.165) is 60.8 Å². The minimum absolute atomic E-state index is 0.0329. The van der Waals surface area contributed by atoms with Crippen molar-refractivity contribution < 1.29 is 14.3 Å². The Bertz CT molecular complexity index is 941. The summed E-state index contributed by atoms with van der Waals surface area (Å²) in [6.45, 7) is 3.54. The number of likely N-dealkylation sites (tertiary alicyclic amines) is 1. The Morgan fingerprint density at radius 3 is 2.55 bits per heavy atom. The molecule has 0 aliphatic carbocycles. The fourth-order valence-corrected chi connectivity index (χ4v) is 3.62. The zero-order valence-corrected chi connectivity index (χ0v) is 17.8. The van der Waals surface area contributed by atoms with Crippen molar-refractivity contribution in [3.63, 3.8) is 0 Å². The lowest BCUT2D eigenvalue weighted by atomic mass is 10.2. The van der Waals surface area contributed by atoms with Crippen LogP contribution < -0.4 is 25.4 Å². The fraction of sp³-hybridized carbons (Fsp3) is 0.391. The van der Waals surface area contributed by atoms with Crippen LogP contribution in [0.4, 0.5) is 16.2 Å². The fourth-order valence-electron chi connectivity index (χ4n) is 3.62. The number of amides is 2. The number of aliphatic imine (C=N–C) groups is 1. The molecule has 8 heteroatoms. The van der Waals surface area contributed by atoms with Crippen LogP contribution in [-0.2, 0) is 6.54 Å². The summed E-state index contributed by atoms with van der Waals surface area (Å²) in [5.74, 6) is 2.14. The molecular weight excluding hydrogens is 394 g/mol. The van der Waals surface area contributed by atoms with Crippen molar-refractivity contribution in [2.45, 2.75) is 25.8 Å². The minimum atomic E-state index is -0.0329. The molecule has 2 heterocycles. The van der Waals surface area contributed by atoms with Gasteiger partial charge in [-0.05, 0) is 42.7 Å². The second-order valence-electron chi connectivity index (χ2n) is 7.59. The molecule has 0 atom stereocenters. The third kappa shape index (κ3) is 5.59. The number of rotatable bonds is 4. The second kappa shape index (κ2) is 10.1. The van der Waals surface area contributed by atoms with Crippen molar-refractivity contribution in [1.82, 2.24) is 10.2 Å². The van der Waals surface area contributed by atoms with Crippen LogP contribution in [0.1, 0.15) is 24.8 Å². The molecule has 0 bridgehead atoms. The minimum Gasteiger partial charge on any atom is -0.490 e. The van der Waals surface area contributed by atoms with Crippen LogP contribution in [0.25, 0.3) is 0 Å². The molecule has 31 heavy (non-hydrogen) atoms. The SMILES string of the molecule is CN=C(NCc1cccc(NC(=O)N2CCCC2)c1)Nc1ccc2c(c1)OCCCO2. The smallest absolute Gasteiger partial charge is 0.321 e. The van der Waals surface area contributed by atoms with E-state index in [4.69, 9.17) is 9.47 Å². The van der Waals surface area contributed by atoms with E-state index in [1.165, 1.54) is 0 Å². The number of ether oxygens (including phenoxy) is 2. The van der Waals surface area contributed by atoms with Crippen LogP contribution in [0.15, 0.2) is 47.5 Å². The van der Waals surface area contributed by atoms with Crippen molar-refractivity contribution in [3.8, 4) is 11.5 Å². The Morgan fingerprint density at radius 2 is 1.74 bits per heavy atom. The largest absolute Gasteiger partial charge is 0.490 e. The van der Waals surface area contributed by atoms with E-state index in [1.807, 2.05) is 47.4 Å². The van der Waals surface area contributed by atoms with Gasteiger partial charge in [-0.1, -0.05) is 12.1 Å². The van der Waals surface area contributed by atoms with Crippen LogP contribution in [0, 0.1) is 0 Å². The first-order valence-electron chi connectivity index (χ1n) is 10.7. The van der Waals surface area contributed by atoms with Crippen LogP contribution in [-0.4, -0.2) is 50.2 Å². The lowest BCUT2D eigenvalue weighted by Crippen LogP contribution is -2.32. The summed E-state index contributed by atoms with van der Waals surface area (Å²) in [4.78, 5) is 18.5. The van der Waals surface area contributed by atoms with Gasteiger partial charge >= 0.3 is 6.03 Å². The Hall–Kier alpha value is -3.42. The van der Waals surface area contributed by atoms with Crippen LogP contribution in [0.5, 0.6) is 11.5 Å². The molecule has 0 spiro atoms. The van der Waals surface area contributed by atoms with Gasteiger partial charge in [0.2, 0.25) is 0 Å². The van der Waals surface area contributed by atoms with Crippen LogP contribution in [0.3, 0.4) is 0 Å². The molecule has 0 radical (unpaired) electrons. The van der Waals surface area contributed by atoms with Crippen molar-refractivity contribution in [3.05, 3.63) is 48.0 Å². The number of benzene rings is 2. The first kappa shape index (κ1) is 20.8. The maximum Gasteiger partial charge on any atom is 0.321 e. The zero-order valence-electron chi connectivity index (χ0n) is 17.8. The highest BCUT2D eigenvalue weighted by atomic mass is 16.5. The molecule has 2 aliphatic heterocycles. The van der Waals surface area contributed by atoms with Gasteiger partial charge < -0.3 is 30.3 Å². The average molecular weight is 424 g/mol. The number of nitrogens with one attached hydrogen (secondary N) is 3. The quantitative estimate of drug-likeness (QED) is 0.516. The molecule has 0 unspecified atom stereocenters. The highest BCUT2D eigenvalue weighted by Crippen LogP contribution is 2.32. The van der Waals surface area contributed by atoms with Gasteiger partial charge in [-0.3, -0.25) is 4.99 Å². The third-order valence-electron chi connectivity index (χ3n) is 5.27. The maximum atomic E-state index is 12.3. The van der Waals surface area contributed by atoms with Gasteiger partial charge in [-0.2, -0.15) is 0 Å². The summed E-state index contributed by atoms with van der Waals surface area (Å²) in [5.41, 5.74) is 2.70. The van der Waals surface area contributed by atoms with Gasteiger partial charge in [0.15, 0.2) is 17.5 Å². The van der Waals surface area contributed by atoms with Gasteiger partial charge in [-0.15, -0.1) is 0 Å². The molecule has 0 aromatic heterocycles. The van der Waals surface area contributed by atoms with Crippen molar-refractivity contribution >= 4 is 23.4 Å². The molecule has 3 N–H and O–H groups in total. The Labute approximate surface area is 182 Å². The summed E-state index contributed by atoms with van der Waals surface area (Å²) >= 11 is 0. The number of nitrogens with zero attached hydrogens (tertiary/aromatic N) is 2. The number of fused-ring (bicyclic) bond motifs is 1. The summed E-state index contributed by atoms with van der Waals surface area (Å²) in [7, 11) is 1.73. The van der Waals surface area contributed by atoms with Crippen molar-refractivity contribution in [2.75, 3.05) is 44.0 Å². The monoisotopic (exact) mass is 423 g/mol. The number of hydrogen-bond donors (Lipinski definition) is 3. The predicted molar refractivity (Wildman–Crippen MR) is 122 cm³/mol. The number of anilines is 2. The molecule has 1 fully saturated rings. The molecule has 0 saturated carbocycles. The average Bonchev–Trinajstić information content (AvgIpc) is 3.23. The molecular formula is C23H29N5O3. The van der Waals surface area contributed by atoms with Crippen LogP contribution in [0.2, 0.25) is 0 Å². The number of urea groups is 1. The van der Waals surface area contributed by atoms with Gasteiger partial charge in [-0.25, -0.2) is 4.79 Å². The van der Waals surface area contributed by atoms with E-state index in [-0.39, 0.29) is 6.03 Å². The summed E-state index contributed by atoms with van der Waals surface area (Å²) in [5, 5.41) is 9.57.